The number of benzene rings is 3. The maximum absolute atomic E-state index is 13.9. The standard InChI is InChI=1S/C35H40ClFN4O3.ClH/c1-21-30(22(2)40(6)39-21)31-28(36)16-15-27-26(33(34(42)44-35(3,4)5)41(32(27)31)18-9-17-38)11-8-19-43-29-12-7-10-23-20-24(37)13-14-25(23)29;/h7,10,12-16,20H,8-9,11,17-19,38H2,1-6H3;1H. The van der Waals surface area contributed by atoms with Crippen LogP contribution in [0.15, 0.2) is 48.5 Å². The Morgan fingerprint density at radius 2 is 1.78 bits per heavy atom. The smallest absolute Gasteiger partial charge is 0.355 e. The monoisotopic (exact) mass is 654 g/mol. The summed E-state index contributed by atoms with van der Waals surface area (Å²) in [7, 11) is 1.91. The Hall–Kier alpha value is -3.59. The van der Waals surface area contributed by atoms with Crippen LogP contribution in [-0.4, -0.2) is 39.1 Å². The zero-order chi connectivity index (χ0) is 31.8. The Balaban J connectivity index is 0.00000461. The van der Waals surface area contributed by atoms with Crippen LogP contribution in [-0.2, 0) is 24.8 Å². The van der Waals surface area contributed by atoms with Crippen LogP contribution in [0.1, 0.15) is 61.1 Å². The van der Waals surface area contributed by atoms with Gasteiger partial charge in [-0.3, -0.25) is 4.68 Å². The molecule has 0 aliphatic carbocycles. The number of rotatable bonds is 10. The summed E-state index contributed by atoms with van der Waals surface area (Å²) >= 11 is 6.96. The largest absolute Gasteiger partial charge is 0.493 e. The molecule has 45 heavy (non-hydrogen) atoms. The van der Waals surface area contributed by atoms with Crippen molar-refractivity contribution in [2.45, 2.75) is 66.0 Å². The predicted molar refractivity (Wildman–Crippen MR) is 182 cm³/mol. The first kappa shape index (κ1) is 34.3. The lowest BCUT2D eigenvalue weighted by molar-refractivity contribution is 0.00566. The quantitative estimate of drug-likeness (QED) is 0.121. The summed E-state index contributed by atoms with van der Waals surface area (Å²) in [6.45, 7) is 11.0. The topological polar surface area (TPSA) is 84.3 Å². The number of hydrogen-bond acceptors (Lipinski definition) is 5. The first-order valence-corrected chi connectivity index (χ1v) is 15.4. The molecule has 0 aliphatic heterocycles. The lowest BCUT2D eigenvalue weighted by Gasteiger charge is -2.21. The second kappa shape index (κ2) is 13.8. The number of nitrogens with two attached hydrogens (primary N) is 1. The molecule has 5 rings (SSSR count). The van der Waals surface area contributed by atoms with E-state index in [0.717, 1.165) is 49.8 Å². The zero-order valence-electron chi connectivity index (χ0n) is 26.7. The van der Waals surface area contributed by atoms with Crippen LogP contribution < -0.4 is 10.5 Å². The second-order valence-electron chi connectivity index (χ2n) is 12.2. The van der Waals surface area contributed by atoms with Crippen LogP contribution in [0.3, 0.4) is 0 Å². The minimum absolute atomic E-state index is 0. The van der Waals surface area contributed by atoms with E-state index < -0.39 is 5.60 Å². The van der Waals surface area contributed by atoms with Gasteiger partial charge in [0.2, 0.25) is 0 Å². The van der Waals surface area contributed by atoms with Crippen LogP contribution in [0, 0.1) is 19.7 Å². The molecule has 0 atom stereocenters. The highest BCUT2D eigenvalue weighted by Gasteiger charge is 2.30. The number of ether oxygens (including phenoxy) is 2. The number of esters is 1. The summed E-state index contributed by atoms with van der Waals surface area (Å²) in [5, 5.41) is 7.81. The van der Waals surface area contributed by atoms with Crippen LogP contribution in [0.25, 0.3) is 32.8 Å². The molecular formula is C35H41Cl2FN4O3. The number of aromatic nitrogens is 3. The van der Waals surface area contributed by atoms with Gasteiger partial charge >= 0.3 is 5.97 Å². The molecule has 0 aliphatic rings. The number of nitrogens with zero attached hydrogens (tertiary/aromatic N) is 3. The Labute approximate surface area is 274 Å². The molecule has 3 aromatic carbocycles. The van der Waals surface area contributed by atoms with E-state index in [2.05, 4.69) is 5.10 Å². The lowest BCUT2D eigenvalue weighted by atomic mass is 9.98. The fraction of sp³-hybridized carbons (Fsp3) is 0.371. The average molecular weight is 656 g/mol. The van der Waals surface area contributed by atoms with Gasteiger partial charge in [-0.15, -0.1) is 12.4 Å². The normalized spacial score (nSPS) is 11.7. The minimum Gasteiger partial charge on any atom is -0.493 e. The van der Waals surface area contributed by atoms with Crippen LogP contribution in [0.5, 0.6) is 5.75 Å². The second-order valence-corrected chi connectivity index (χ2v) is 12.6. The molecule has 0 amide bonds. The molecule has 7 nitrogen and oxygen atoms in total. The van der Waals surface area contributed by atoms with E-state index in [9.17, 15) is 9.18 Å². The molecule has 0 spiro atoms. The third kappa shape index (κ3) is 6.98. The van der Waals surface area contributed by atoms with Crippen molar-refractivity contribution >= 4 is 51.7 Å². The number of aryl methyl sites for hydroxylation is 4. The van der Waals surface area contributed by atoms with Gasteiger partial charge in [-0.2, -0.15) is 5.10 Å². The Morgan fingerprint density at radius 1 is 1.04 bits per heavy atom. The van der Waals surface area contributed by atoms with E-state index in [4.69, 9.17) is 26.8 Å². The van der Waals surface area contributed by atoms with Crippen molar-refractivity contribution in [2.24, 2.45) is 12.8 Å². The van der Waals surface area contributed by atoms with Crippen molar-refractivity contribution in [2.75, 3.05) is 13.2 Å². The Kier molecular flexibility index (Phi) is 10.5. The fourth-order valence-corrected chi connectivity index (χ4v) is 6.18. The van der Waals surface area contributed by atoms with Crippen molar-refractivity contribution < 1.29 is 18.7 Å². The van der Waals surface area contributed by atoms with E-state index in [1.165, 1.54) is 12.1 Å². The minimum atomic E-state index is -0.683. The zero-order valence-corrected chi connectivity index (χ0v) is 28.2. The van der Waals surface area contributed by atoms with Crippen molar-refractivity contribution in [3.63, 3.8) is 0 Å². The number of hydrogen-bond donors (Lipinski definition) is 1. The van der Waals surface area contributed by atoms with Gasteiger partial charge in [0.25, 0.3) is 0 Å². The van der Waals surface area contributed by atoms with Gasteiger partial charge < -0.3 is 19.8 Å². The van der Waals surface area contributed by atoms with Gasteiger partial charge in [-0.25, -0.2) is 9.18 Å². The molecule has 0 saturated heterocycles. The first-order valence-electron chi connectivity index (χ1n) is 15.0. The molecule has 2 N–H and O–H groups in total. The fourth-order valence-electron chi connectivity index (χ4n) is 5.93. The number of fused-ring (bicyclic) bond motifs is 2. The molecule has 2 aromatic heterocycles. The van der Waals surface area contributed by atoms with Gasteiger partial charge in [0, 0.05) is 41.2 Å². The molecule has 0 radical (unpaired) electrons. The molecule has 0 fully saturated rings. The van der Waals surface area contributed by atoms with Gasteiger partial charge in [0.05, 0.1) is 22.8 Å². The highest BCUT2D eigenvalue weighted by Crippen LogP contribution is 2.42. The van der Waals surface area contributed by atoms with Crippen molar-refractivity contribution in [1.82, 2.24) is 14.3 Å². The average Bonchev–Trinajstić information content (AvgIpc) is 3.40. The Morgan fingerprint density at radius 3 is 2.44 bits per heavy atom. The van der Waals surface area contributed by atoms with Gasteiger partial charge in [-0.05, 0) is 102 Å². The molecule has 2 heterocycles. The molecule has 0 unspecified atom stereocenters. The van der Waals surface area contributed by atoms with E-state index >= 15 is 0 Å². The molecule has 10 heteroatoms. The van der Waals surface area contributed by atoms with Gasteiger partial charge in [0.1, 0.15) is 22.9 Å². The van der Waals surface area contributed by atoms with Crippen molar-refractivity contribution in [3.8, 4) is 16.9 Å². The molecule has 5 aromatic rings. The van der Waals surface area contributed by atoms with Crippen molar-refractivity contribution in [1.29, 1.82) is 0 Å². The summed E-state index contributed by atoms with van der Waals surface area (Å²) in [4.78, 5) is 13.9. The third-order valence-corrected chi connectivity index (χ3v) is 8.16. The maximum Gasteiger partial charge on any atom is 0.355 e. The summed E-state index contributed by atoms with van der Waals surface area (Å²) in [6, 6.07) is 14.2. The summed E-state index contributed by atoms with van der Waals surface area (Å²) < 4.78 is 29.8. The summed E-state index contributed by atoms with van der Waals surface area (Å²) in [5.41, 5.74) is 11.2. The van der Waals surface area contributed by atoms with Gasteiger partial charge in [0.15, 0.2) is 0 Å². The third-order valence-electron chi connectivity index (χ3n) is 7.85. The number of carbonyl (C=O) groups excluding carboxylic acids is 1. The highest BCUT2D eigenvalue weighted by molar-refractivity contribution is 6.35. The SMILES string of the molecule is Cc1nn(C)c(C)c1-c1c(Cl)ccc2c(CCCOc3cccc4cc(F)ccc34)c(C(=O)OC(C)(C)C)n(CCCN)c12.Cl. The summed E-state index contributed by atoms with van der Waals surface area (Å²) in [6.07, 6.45) is 1.86. The van der Waals surface area contributed by atoms with Crippen LogP contribution in [0.4, 0.5) is 4.39 Å². The molecule has 0 saturated carbocycles. The maximum atomic E-state index is 13.9. The first-order chi connectivity index (χ1) is 20.9. The molecular weight excluding hydrogens is 614 g/mol. The van der Waals surface area contributed by atoms with Gasteiger partial charge in [-0.1, -0.05) is 29.8 Å². The van der Waals surface area contributed by atoms with Crippen molar-refractivity contribution in [3.05, 3.63) is 82.0 Å². The molecule has 0 bridgehead atoms. The number of halogens is 3. The van der Waals surface area contributed by atoms with E-state index in [1.807, 2.05) is 81.2 Å². The lowest BCUT2D eigenvalue weighted by Crippen LogP contribution is -2.26. The van der Waals surface area contributed by atoms with E-state index in [0.29, 0.717) is 55.4 Å². The van der Waals surface area contributed by atoms with E-state index in [-0.39, 0.29) is 24.2 Å². The van der Waals surface area contributed by atoms with E-state index in [1.54, 1.807) is 6.07 Å². The van der Waals surface area contributed by atoms with Crippen LogP contribution >= 0.6 is 24.0 Å². The Bertz CT molecular complexity index is 1860. The molecule has 240 valence electrons. The number of carbonyl (C=O) groups is 1. The predicted octanol–water partition coefficient (Wildman–Crippen LogP) is 8.34. The summed E-state index contributed by atoms with van der Waals surface area (Å²) in [5.74, 6) is 0.0164. The highest BCUT2D eigenvalue weighted by atomic mass is 35.5. The van der Waals surface area contributed by atoms with Crippen LogP contribution in [0.2, 0.25) is 5.02 Å².